The van der Waals surface area contributed by atoms with Gasteiger partial charge < -0.3 is 4.90 Å². The Hall–Kier alpha value is -1.03. The van der Waals surface area contributed by atoms with E-state index in [0.29, 0.717) is 30.4 Å². The van der Waals surface area contributed by atoms with Crippen LogP contribution in [-0.2, 0) is 10.0 Å². The molecule has 0 bridgehead atoms. The summed E-state index contributed by atoms with van der Waals surface area (Å²) in [7, 11) is -3.39. The molecular weight excluding hydrogens is 388 g/mol. The Kier molecular flexibility index (Phi) is 4.49. The Morgan fingerprint density at radius 3 is 2.36 bits per heavy atom. The lowest BCUT2D eigenvalue weighted by Crippen LogP contribution is -2.48. The van der Waals surface area contributed by atoms with E-state index in [2.05, 4.69) is 31.0 Å². The highest BCUT2D eigenvalue weighted by molar-refractivity contribution is 9.11. The monoisotopic (exact) mass is 402 g/mol. The first kappa shape index (κ1) is 15.9. The molecule has 1 fully saturated rings. The average molecular weight is 403 g/mol. The molecule has 0 aromatic carbocycles. The lowest BCUT2D eigenvalue weighted by molar-refractivity contribution is 0.384. The maximum absolute atomic E-state index is 12.6. The Balaban J connectivity index is 1.70. The molecule has 2 aromatic heterocycles. The third kappa shape index (κ3) is 3.17. The largest absolute Gasteiger partial charge is 0.352 e. The van der Waals surface area contributed by atoms with Gasteiger partial charge in [0, 0.05) is 26.2 Å². The van der Waals surface area contributed by atoms with Crippen LogP contribution in [0.15, 0.2) is 32.3 Å². The Bertz CT molecular complexity index is 753. The van der Waals surface area contributed by atoms with E-state index in [4.69, 9.17) is 0 Å². The number of rotatable bonds is 3. The van der Waals surface area contributed by atoms with Crippen LogP contribution in [0.25, 0.3) is 0 Å². The van der Waals surface area contributed by atoms with Crippen LogP contribution < -0.4 is 4.90 Å². The van der Waals surface area contributed by atoms with Crippen LogP contribution in [0.4, 0.5) is 5.82 Å². The molecule has 0 aliphatic carbocycles. The zero-order chi connectivity index (χ0) is 15.7. The van der Waals surface area contributed by atoms with Crippen molar-refractivity contribution in [3.8, 4) is 0 Å². The summed E-state index contributed by atoms with van der Waals surface area (Å²) >= 11 is 4.54. The lowest BCUT2D eigenvalue weighted by atomic mass is 10.3. The van der Waals surface area contributed by atoms with E-state index >= 15 is 0 Å². The summed E-state index contributed by atoms with van der Waals surface area (Å²) in [5.74, 6) is 0.793. The van der Waals surface area contributed by atoms with E-state index in [9.17, 15) is 8.42 Å². The molecule has 1 aliphatic heterocycles. The van der Waals surface area contributed by atoms with Gasteiger partial charge in [0.15, 0.2) is 5.82 Å². The molecule has 0 unspecified atom stereocenters. The Morgan fingerprint density at radius 1 is 1.09 bits per heavy atom. The topological polar surface area (TPSA) is 66.4 Å². The van der Waals surface area contributed by atoms with Crippen LogP contribution in [-0.4, -0.2) is 49.1 Å². The van der Waals surface area contributed by atoms with Gasteiger partial charge in [-0.05, 0) is 47.1 Å². The second-order valence-corrected chi connectivity index (χ2v) is 9.61. The number of thiophene rings is 1. The number of hydrogen-bond acceptors (Lipinski definition) is 6. The minimum atomic E-state index is -3.39. The predicted molar refractivity (Wildman–Crippen MR) is 89.8 cm³/mol. The van der Waals surface area contributed by atoms with E-state index in [1.165, 1.54) is 15.6 Å². The number of sulfonamides is 1. The van der Waals surface area contributed by atoms with Crippen LogP contribution in [0.5, 0.6) is 0 Å². The fourth-order valence-electron chi connectivity index (χ4n) is 2.28. The minimum absolute atomic E-state index is 0.378. The molecule has 1 saturated heterocycles. The maximum Gasteiger partial charge on any atom is 0.252 e. The zero-order valence-corrected chi connectivity index (χ0v) is 15.2. The van der Waals surface area contributed by atoms with E-state index in [1.807, 2.05) is 19.1 Å². The van der Waals surface area contributed by atoms with Gasteiger partial charge in [0.2, 0.25) is 0 Å². The van der Waals surface area contributed by atoms with E-state index in [1.54, 1.807) is 12.1 Å². The van der Waals surface area contributed by atoms with Crippen LogP contribution in [0, 0.1) is 6.92 Å². The highest BCUT2D eigenvalue weighted by Crippen LogP contribution is 2.29. The average Bonchev–Trinajstić information content (AvgIpc) is 2.96. The lowest BCUT2D eigenvalue weighted by Gasteiger charge is -2.34. The first-order chi connectivity index (χ1) is 10.5. The summed E-state index contributed by atoms with van der Waals surface area (Å²) in [6.07, 6.45) is 0. The number of aromatic nitrogens is 2. The molecule has 0 radical (unpaired) electrons. The second-order valence-electron chi connectivity index (χ2n) is 4.98. The number of piperazine rings is 1. The standard InChI is InChI=1S/C13H15BrN4O2S2/c1-10-2-4-12(16-15-10)17-6-8-18(9-7-17)22(19,20)13-5-3-11(14)21-13/h2-5H,6-9H2,1H3. The number of aryl methyl sites for hydroxylation is 1. The van der Waals surface area contributed by atoms with Crippen LogP contribution in [0.1, 0.15) is 5.69 Å². The van der Waals surface area contributed by atoms with Crippen LogP contribution in [0.2, 0.25) is 0 Å². The van der Waals surface area contributed by atoms with Gasteiger partial charge >= 0.3 is 0 Å². The molecule has 9 heteroatoms. The van der Waals surface area contributed by atoms with Crippen molar-refractivity contribution in [2.45, 2.75) is 11.1 Å². The fraction of sp³-hybridized carbons (Fsp3) is 0.385. The van der Waals surface area contributed by atoms with Gasteiger partial charge in [-0.1, -0.05) is 0 Å². The summed E-state index contributed by atoms with van der Waals surface area (Å²) in [5.41, 5.74) is 0.869. The molecule has 2 aromatic rings. The third-order valence-electron chi connectivity index (χ3n) is 3.49. The van der Waals surface area contributed by atoms with Crippen molar-refractivity contribution in [3.05, 3.63) is 33.7 Å². The minimum Gasteiger partial charge on any atom is -0.352 e. The molecule has 0 atom stereocenters. The molecule has 0 spiro atoms. The van der Waals surface area contributed by atoms with E-state index in [0.717, 1.165) is 15.3 Å². The van der Waals surface area contributed by atoms with Gasteiger partial charge in [-0.25, -0.2) is 8.42 Å². The highest BCUT2D eigenvalue weighted by Gasteiger charge is 2.30. The molecule has 0 amide bonds. The van der Waals surface area contributed by atoms with Crippen molar-refractivity contribution in [1.82, 2.24) is 14.5 Å². The summed E-state index contributed by atoms with van der Waals surface area (Å²) in [6.45, 7) is 4.02. The molecular formula is C13H15BrN4O2S2. The third-order valence-corrected chi connectivity index (χ3v) is 7.48. The smallest absolute Gasteiger partial charge is 0.252 e. The van der Waals surface area contributed by atoms with Gasteiger partial charge in [-0.2, -0.15) is 9.40 Å². The second kappa shape index (κ2) is 6.23. The molecule has 118 valence electrons. The first-order valence-electron chi connectivity index (χ1n) is 6.77. The Labute approximate surface area is 142 Å². The molecule has 6 nitrogen and oxygen atoms in total. The summed E-state index contributed by atoms with van der Waals surface area (Å²) in [4.78, 5) is 2.06. The number of nitrogens with zero attached hydrogens (tertiary/aromatic N) is 4. The van der Waals surface area contributed by atoms with Crippen molar-refractivity contribution in [2.75, 3.05) is 31.1 Å². The molecule has 0 N–H and O–H groups in total. The Morgan fingerprint density at radius 2 is 1.82 bits per heavy atom. The number of hydrogen-bond donors (Lipinski definition) is 0. The van der Waals surface area contributed by atoms with Crippen molar-refractivity contribution in [2.24, 2.45) is 0 Å². The summed E-state index contributed by atoms with van der Waals surface area (Å²) in [5, 5.41) is 8.20. The van der Waals surface area contributed by atoms with E-state index in [-0.39, 0.29) is 0 Å². The summed E-state index contributed by atoms with van der Waals surface area (Å²) in [6, 6.07) is 7.23. The maximum atomic E-state index is 12.6. The van der Waals surface area contributed by atoms with Gasteiger partial charge in [-0.3, -0.25) is 0 Å². The number of anilines is 1. The summed E-state index contributed by atoms with van der Waals surface area (Å²) < 4.78 is 27.8. The predicted octanol–water partition coefficient (Wildman–Crippen LogP) is 2.12. The van der Waals surface area contributed by atoms with Crippen molar-refractivity contribution < 1.29 is 8.42 Å². The van der Waals surface area contributed by atoms with Gasteiger partial charge in [0.1, 0.15) is 4.21 Å². The van der Waals surface area contributed by atoms with Gasteiger partial charge in [-0.15, -0.1) is 16.4 Å². The molecule has 3 rings (SSSR count). The SMILES string of the molecule is Cc1ccc(N2CCN(S(=O)(=O)c3ccc(Br)s3)CC2)nn1. The van der Waals surface area contributed by atoms with Crippen LogP contribution >= 0.6 is 27.3 Å². The quantitative estimate of drug-likeness (QED) is 0.786. The fourth-order valence-corrected chi connectivity index (χ4v) is 5.87. The van der Waals surface area contributed by atoms with Gasteiger partial charge in [0.05, 0.1) is 9.48 Å². The zero-order valence-electron chi connectivity index (χ0n) is 11.9. The first-order valence-corrected chi connectivity index (χ1v) is 9.82. The van der Waals surface area contributed by atoms with Crippen molar-refractivity contribution >= 4 is 43.1 Å². The molecule has 1 aliphatic rings. The van der Waals surface area contributed by atoms with Crippen molar-refractivity contribution in [1.29, 1.82) is 0 Å². The van der Waals surface area contributed by atoms with E-state index < -0.39 is 10.0 Å². The highest BCUT2D eigenvalue weighted by atomic mass is 79.9. The molecule has 22 heavy (non-hydrogen) atoms. The van der Waals surface area contributed by atoms with Crippen molar-refractivity contribution in [3.63, 3.8) is 0 Å². The molecule has 0 saturated carbocycles. The molecule has 3 heterocycles. The van der Waals surface area contributed by atoms with Gasteiger partial charge in [0.25, 0.3) is 10.0 Å². The normalized spacial score (nSPS) is 16.9. The number of halogens is 1. The van der Waals surface area contributed by atoms with Crippen LogP contribution in [0.3, 0.4) is 0 Å².